The standard InChI is InChI=1S/C20H19N5O2/c1-11-18(13-6-7-21-9-12(13)10-22-11)19-24-17(27-25-19)8-16-14-4-2-3-5-15(14)20(26)23-16/h2-5,10,16,21H,6-9H2,1H3,(H,23,26). The average Bonchev–Trinajstić information content (AvgIpc) is 3.27. The zero-order valence-electron chi connectivity index (χ0n) is 15.0. The van der Waals surface area contributed by atoms with Gasteiger partial charge in [-0.1, -0.05) is 23.4 Å². The molecular weight excluding hydrogens is 342 g/mol. The van der Waals surface area contributed by atoms with Crippen molar-refractivity contribution in [1.29, 1.82) is 0 Å². The smallest absolute Gasteiger partial charge is 0.252 e. The highest BCUT2D eigenvalue weighted by atomic mass is 16.5. The van der Waals surface area contributed by atoms with Gasteiger partial charge in [0.05, 0.1) is 12.5 Å². The number of carbonyl (C=O) groups is 1. The van der Waals surface area contributed by atoms with Crippen molar-refractivity contribution in [2.75, 3.05) is 6.54 Å². The maximum atomic E-state index is 12.1. The largest absolute Gasteiger partial charge is 0.345 e. The molecule has 5 rings (SSSR count). The minimum Gasteiger partial charge on any atom is -0.345 e. The van der Waals surface area contributed by atoms with Gasteiger partial charge in [0, 0.05) is 29.6 Å². The number of hydrogen-bond acceptors (Lipinski definition) is 6. The van der Waals surface area contributed by atoms with E-state index in [1.54, 1.807) is 0 Å². The molecule has 27 heavy (non-hydrogen) atoms. The number of nitrogens with one attached hydrogen (secondary N) is 2. The molecule has 2 aliphatic rings. The summed E-state index contributed by atoms with van der Waals surface area (Å²) in [7, 11) is 0. The van der Waals surface area contributed by atoms with E-state index in [0.717, 1.165) is 36.3 Å². The van der Waals surface area contributed by atoms with Crippen LogP contribution in [-0.4, -0.2) is 27.6 Å². The summed E-state index contributed by atoms with van der Waals surface area (Å²) in [5.74, 6) is 1.03. The number of aryl methyl sites for hydroxylation is 1. The van der Waals surface area contributed by atoms with Crippen molar-refractivity contribution < 1.29 is 9.32 Å². The fourth-order valence-electron chi connectivity index (χ4n) is 3.96. The summed E-state index contributed by atoms with van der Waals surface area (Å²) < 4.78 is 5.52. The Labute approximate surface area is 156 Å². The molecule has 7 heteroatoms. The monoisotopic (exact) mass is 361 g/mol. The summed E-state index contributed by atoms with van der Waals surface area (Å²) in [6.45, 7) is 3.71. The lowest BCUT2D eigenvalue weighted by atomic mass is 9.95. The molecule has 7 nitrogen and oxygen atoms in total. The van der Waals surface area contributed by atoms with Crippen LogP contribution < -0.4 is 10.6 Å². The third-order valence-electron chi connectivity index (χ3n) is 5.29. The van der Waals surface area contributed by atoms with Gasteiger partial charge in [-0.2, -0.15) is 4.98 Å². The van der Waals surface area contributed by atoms with Gasteiger partial charge in [-0.25, -0.2) is 0 Å². The quantitative estimate of drug-likeness (QED) is 0.742. The van der Waals surface area contributed by atoms with Crippen molar-refractivity contribution in [2.24, 2.45) is 0 Å². The van der Waals surface area contributed by atoms with Crippen molar-refractivity contribution in [3.63, 3.8) is 0 Å². The number of amides is 1. The Kier molecular flexibility index (Phi) is 3.75. The Balaban J connectivity index is 1.46. The van der Waals surface area contributed by atoms with E-state index in [2.05, 4.69) is 25.8 Å². The predicted molar refractivity (Wildman–Crippen MR) is 98.0 cm³/mol. The van der Waals surface area contributed by atoms with E-state index in [4.69, 9.17) is 4.52 Å². The summed E-state index contributed by atoms with van der Waals surface area (Å²) in [6, 6.07) is 7.46. The van der Waals surface area contributed by atoms with E-state index in [1.807, 2.05) is 37.4 Å². The number of fused-ring (bicyclic) bond motifs is 2. The number of carbonyl (C=O) groups excluding carboxylic acids is 1. The molecule has 1 amide bonds. The molecule has 3 aromatic rings. The SMILES string of the molecule is Cc1ncc2c(c1-c1noc(CC3NC(=O)c4ccccc43)n1)CCNC2. The lowest BCUT2D eigenvalue weighted by Crippen LogP contribution is -2.24. The summed E-state index contributed by atoms with van der Waals surface area (Å²) in [5, 5.41) is 10.6. The van der Waals surface area contributed by atoms with Crippen molar-refractivity contribution in [1.82, 2.24) is 25.8 Å². The molecule has 2 N–H and O–H groups in total. The average molecular weight is 361 g/mol. The van der Waals surface area contributed by atoms with Gasteiger partial charge in [0.1, 0.15) is 0 Å². The molecule has 2 aromatic heterocycles. The molecule has 2 aliphatic heterocycles. The topological polar surface area (TPSA) is 92.9 Å². The second-order valence-electron chi connectivity index (χ2n) is 6.98. The fraction of sp³-hybridized carbons (Fsp3) is 0.300. The van der Waals surface area contributed by atoms with Gasteiger partial charge in [0.25, 0.3) is 5.91 Å². The Bertz CT molecular complexity index is 1040. The molecule has 0 aliphatic carbocycles. The third-order valence-corrected chi connectivity index (χ3v) is 5.29. The number of hydrogen-bond donors (Lipinski definition) is 2. The highest BCUT2D eigenvalue weighted by Gasteiger charge is 2.30. The molecule has 0 spiro atoms. The van der Waals surface area contributed by atoms with E-state index in [9.17, 15) is 4.79 Å². The number of pyridine rings is 1. The molecule has 136 valence electrons. The van der Waals surface area contributed by atoms with E-state index >= 15 is 0 Å². The summed E-state index contributed by atoms with van der Waals surface area (Å²) in [4.78, 5) is 21.2. The van der Waals surface area contributed by atoms with Gasteiger partial charge in [0.15, 0.2) is 0 Å². The van der Waals surface area contributed by atoms with Crippen molar-refractivity contribution >= 4 is 5.91 Å². The highest BCUT2D eigenvalue weighted by Crippen LogP contribution is 2.31. The molecular formula is C20H19N5O2. The number of benzene rings is 1. The van der Waals surface area contributed by atoms with Gasteiger partial charge >= 0.3 is 0 Å². The molecule has 1 aromatic carbocycles. The van der Waals surface area contributed by atoms with E-state index < -0.39 is 0 Å². The van der Waals surface area contributed by atoms with E-state index in [0.29, 0.717) is 23.7 Å². The molecule has 1 unspecified atom stereocenters. The van der Waals surface area contributed by atoms with Crippen LogP contribution in [0.15, 0.2) is 35.0 Å². The molecule has 1 atom stereocenters. The Morgan fingerprint density at radius 3 is 3.11 bits per heavy atom. The van der Waals surface area contributed by atoms with Gasteiger partial charge in [-0.3, -0.25) is 9.78 Å². The molecule has 4 heterocycles. The lowest BCUT2D eigenvalue weighted by Gasteiger charge is -2.19. The fourth-order valence-corrected chi connectivity index (χ4v) is 3.96. The minimum absolute atomic E-state index is 0.0555. The van der Waals surface area contributed by atoms with Crippen molar-refractivity contribution in [3.05, 3.63) is 64.3 Å². The first-order valence-corrected chi connectivity index (χ1v) is 9.11. The second kappa shape index (κ2) is 6.28. The van der Waals surface area contributed by atoms with Crippen LogP contribution in [0, 0.1) is 6.92 Å². The Hall–Kier alpha value is -3.06. The number of nitrogens with zero attached hydrogens (tertiary/aromatic N) is 3. The number of rotatable bonds is 3. The van der Waals surface area contributed by atoms with Crippen LogP contribution in [-0.2, 0) is 19.4 Å². The van der Waals surface area contributed by atoms with Crippen LogP contribution in [0.5, 0.6) is 0 Å². The van der Waals surface area contributed by atoms with Crippen LogP contribution >= 0.6 is 0 Å². The zero-order valence-corrected chi connectivity index (χ0v) is 15.0. The van der Waals surface area contributed by atoms with Crippen molar-refractivity contribution in [2.45, 2.75) is 32.4 Å². The lowest BCUT2D eigenvalue weighted by molar-refractivity contribution is 0.0955. The molecule has 0 saturated heterocycles. The van der Waals surface area contributed by atoms with Crippen molar-refractivity contribution in [3.8, 4) is 11.4 Å². The Morgan fingerprint density at radius 1 is 1.30 bits per heavy atom. The van der Waals surface area contributed by atoms with Crippen LogP contribution in [0.25, 0.3) is 11.4 Å². The summed E-state index contributed by atoms with van der Waals surface area (Å²) in [6.07, 6.45) is 3.31. The predicted octanol–water partition coefficient (Wildman–Crippen LogP) is 2.11. The molecule has 0 bridgehead atoms. The minimum atomic E-state index is -0.143. The summed E-state index contributed by atoms with van der Waals surface area (Å²) >= 11 is 0. The van der Waals surface area contributed by atoms with Gasteiger partial charge in [-0.05, 0) is 42.6 Å². The first kappa shape index (κ1) is 16.1. The second-order valence-corrected chi connectivity index (χ2v) is 6.98. The first-order chi connectivity index (χ1) is 13.2. The highest BCUT2D eigenvalue weighted by molar-refractivity contribution is 5.99. The van der Waals surface area contributed by atoms with Gasteiger partial charge in [-0.15, -0.1) is 0 Å². The normalized spacial score (nSPS) is 18.1. The zero-order chi connectivity index (χ0) is 18.4. The van der Waals surface area contributed by atoms with Gasteiger partial charge < -0.3 is 15.2 Å². The van der Waals surface area contributed by atoms with Crippen LogP contribution in [0.4, 0.5) is 0 Å². The third kappa shape index (κ3) is 2.71. The molecule has 0 saturated carbocycles. The number of aromatic nitrogens is 3. The van der Waals surface area contributed by atoms with Crippen LogP contribution in [0.1, 0.15) is 44.7 Å². The van der Waals surface area contributed by atoms with Crippen LogP contribution in [0.3, 0.4) is 0 Å². The van der Waals surface area contributed by atoms with Crippen LogP contribution in [0.2, 0.25) is 0 Å². The van der Waals surface area contributed by atoms with Gasteiger partial charge in [0.2, 0.25) is 11.7 Å². The molecule has 0 fully saturated rings. The first-order valence-electron chi connectivity index (χ1n) is 9.11. The summed E-state index contributed by atoms with van der Waals surface area (Å²) in [5.41, 5.74) is 6.00. The Morgan fingerprint density at radius 2 is 2.19 bits per heavy atom. The maximum Gasteiger partial charge on any atom is 0.252 e. The van der Waals surface area contributed by atoms with E-state index in [-0.39, 0.29) is 11.9 Å². The van der Waals surface area contributed by atoms with E-state index in [1.165, 1.54) is 11.1 Å². The maximum absolute atomic E-state index is 12.1. The molecule has 0 radical (unpaired) electrons.